The van der Waals surface area contributed by atoms with Crippen LogP contribution in [-0.4, -0.2) is 62.7 Å². The van der Waals surface area contributed by atoms with Gasteiger partial charge in [0.25, 0.3) is 5.91 Å². The highest BCUT2D eigenvalue weighted by atomic mass is 32.2. The van der Waals surface area contributed by atoms with Crippen molar-refractivity contribution in [3.05, 3.63) is 53.2 Å². The van der Waals surface area contributed by atoms with E-state index in [1.165, 1.54) is 15.4 Å². The Hall–Kier alpha value is -2.61. The molecule has 1 aromatic heterocycles. The molecule has 166 valence electrons. The molecule has 31 heavy (non-hydrogen) atoms. The highest BCUT2D eigenvalue weighted by Gasteiger charge is 2.33. The molecule has 4 rings (SSSR count). The molecule has 1 unspecified atom stereocenters. The van der Waals surface area contributed by atoms with Crippen LogP contribution in [0.3, 0.4) is 0 Å². The molecule has 7 nitrogen and oxygen atoms in total. The molecule has 0 spiro atoms. The van der Waals surface area contributed by atoms with Crippen molar-refractivity contribution in [1.29, 1.82) is 0 Å². The first-order chi connectivity index (χ1) is 14.8. The van der Waals surface area contributed by atoms with Crippen LogP contribution in [0.25, 0.3) is 0 Å². The zero-order valence-electron chi connectivity index (χ0n) is 18.4. The first-order valence-electron chi connectivity index (χ1n) is 10.9. The largest absolute Gasteiger partial charge is 0.353 e. The van der Waals surface area contributed by atoms with Gasteiger partial charge in [-0.15, -0.1) is 0 Å². The Morgan fingerprint density at radius 1 is 1.13 bits per heavy atom. The van der Waals surface area contributed by atoms with Gasteiger partial charge in [-0.05, 0) is 54.7 Å². The second kappa shape index (κ2) is 8.49. The minimum atomic E-state index is -3.26. The van der Waals surface area contributed by atoms with E-state index in [1.807, 2.05) is 18.0 Å². The van der Waals surface area contributed by atoms with Gasteiger partial charge in [-0.3, -0.25) is 9.10 Å². The highest BCUT2D eigenvalue weighted by Crippen LogP contribution is 2.27. The normalized spacial score (nSPS) is 20.9. The van der Waals surface area contributed by atoms with Crippen LogP contribution in [0.1, 0.15) is 35.3 Å². The molecule has 3 heterocycles. The molecule has 0 saturated carbocycles. The van der Waals surface area contributed by atoms with Gasteiger partial charge in [0.05, 0.1) is 11.4 Å². The molecule has 1 atom stereocenters. The zero-order chi connectivity index (χ0) is 22.2. The number of hydrogen-bond donors (Lipinski definition) is 0. The Balaban J connectivity index is 1.40. The van der Waals surface area contributed by atoms with Gasteiger partial charge >= 0.3 is 0 Å². The van der Waals surface area contributed by atoms with Crippen LogP contribution in [0.4, 0.5) is 11.5 Å². The Morgan fingerprint density at radius 3 is 2.35 bits per heavy atom. The number of aryl methyl sites for hydroxylation is 2. The number of nitrogens with zero attached hydrogens (tertiary/aromatic N) is 4. The predicted molar refractivity (Wildman–Crippen MR) is 123 cm³/mol. The maximum atomic E-state index is 13.0. The lowest BCUT2D eigenvalue weighted by atomic mass is 10.1. The molecule has 2 aliphatic heterocycles. The fraction of sp³-hybridized carbons (Fsp3) is 0.478. The molecule has 0 bridgehead atoms. The molecule has 0 N–H and O–H groups in total. The van der Waals surface area contributed by atoms with E-state index in [2.05, 4.69) is 29.8 Å². The second-order valence-corrected chi connectivity index (χ2v) is 10.5. The standard InChI is InChI=1S/C23H30N4O3S/c1-4-19-13-18(3)22(24-14-19)25-9-11-26(12-10-25)23(28)20-5-7-21(8-6-20)27-15-17(2)16-31(27,29)30/h5-8,13-14,17H,4,9-12,15-16H2,1-3H3. The summed E-state index contributed by atoms with van der Waals surface area (Å²) in [7, 11) is -3.26. The van der Waals surface area contributed by atoms with E-state index in [1.54, 1.807) is 24.3 Å². The molecular formula is C23H30N4O3S. The molecule has 8 heteroatoms. The van der Waals surface area contributed by atoms with Gasteiger partial charge < -0.3 is 9.80 Å². The molecule has 0 aliphatic carbocycles. The van der Waals surface area contributed by atoms with Gasteiger partial charge in [-0.2, -0.15) is 0 Å². The summed E-state index contributed by atoms with van der Waals surface area (Å²) in [5, 5.41) is 0. The zero-order valence-corrected chi connectivity index (χ0v) is 19.2. The maximum Gasteiger partial charge on any atom is 0.253 e. The number of pyridine rings is 1. The summed E-state index contributed by atoms with van der Waals surface area (Å²) in [4.78, 5) is 21.7. The smallest absolute Gasteiger partial charge is 0.253 e. The van der Waals surface area contributed by atoms with Crippen molar-refractivity contribution in [3.63, 3.8) is 0 Å². The third kappa shape index (κ3) is 4.39. The summed E-state index contributed by atoms with van der Waals surface area (Å²) < 4.78 is 26.0. The molecule has 1 amide bonds. The molecular weight excluding hydrogens is 412 g/mol. The van der Waals surface area contributed by atoms with E-state index in [0.29, 0.717) is 30.9 Å². The monoisotopic (exact) mass is 442 g/mol. The molecule has 2 fully saturated rings. The first kappa shape index (κ1) is 21.6. The Kier molecular flexibility index (Phi) is 5.92. The first-order valence-corrected chi connectivity index (χ1v) is 12.5. The van der Waals surface area contributed by atoms with Crippen LogP contribution in [-0.2, 0) is 16.4 Å². The van der Waals surface area contributed by atoms with Gasteiger partial charge in [-0.25, -0.2) is 13.4 Å². The number of piperazine rings is 1. The Morgan fingerprint density at radius 2 is 1.81 bits per heavy atom. The number of anilines is 2. The summed E-state index contributed by atoms with van der Waals surface area (Å²) in [5.74, 6) is 1.26. The number of carbonyl (C=O) groups is 1. The van der Waals surface area contributed by atoms with Crippen molar-refractivity contribution in [3.8, 4) is 0 Å². The molecule has 2 aromatic rings. The lowest BCUT2D eigenvalue weighted by Crippen LogP contribution is -2.49. The van der Waals surface area contributed by atoms with Gasteiger partial charge in [0, 0.05) is 44.5 Å². The minimum Gasteiger partial charge on any atom is -0.353 e. The number of sulfonamides is 1. The third-order valence-corrected chi connectivity index (χ3v) is 8.11. The molecule has 2 saturated heterocycles. The lowest BCUT2D eigenvalue weighted by molar-refractivity contribution is 0.0746. The number of amides is 1. The number of benzene rings is 1. The van der Waals surface area contributed by atoms with Crippen molar-refractivity contribution in [1.82, 2.24) is 9.88 Å². The summed E-state index contributed by atoms with van der Waals surface area (Å²) in [5.41, 5.74) is 3.61. The molecule has 0 radical (unpaired) electrons. The highest BCUT2D eigenvalue weighted by molar-refractivity contribution is 7.93. The van der Waals surface area contributed by atoms with E-state index < -0.39 is 10.0 Å². The Bertz CT molecular complexity index is 1060. The number of rotatable bonds is 4. The average Bonchev–Trinajstić information content (AvgIpc) is 3.05. The van der Waals surface area contributed by atoms with E-state index in [-0.39, 0.29) is 17.6 Å². The summed E-state index contributed by atoms with van der Waals surface area (Å²) in [6.45, 7) is 9.39. The van der Waals surface area contributed by atoms with Gasteiger partial charge in [0.15, 0.2) is 0 Å². The summed E-state index contributed by atoms with van der Waals surface area (Å²) in [6, 6.07) is 9.13. The number of carbonyl (C=O) groups excluding carboxylic acids is 1. The fourth-order valence-electron chi connectivity index (χ4n) is 4.39. The van der Waals surface area contributed by atoms with Gasteiger partial charge in [0.2, 0.25) is 10.0 Å². The lowest BCUT2D eigenvalue weighted by Gasteiger charge is -2.36. The third-order valence-electron chi connectivity index (χ3n) is 6.09. The number of aromatic nitrogens is 1. The van der Waals surface area contributed by atoms with Crippen molar-refractivity contribution < 1.29 is 13.2 Å². The van der Waals surface area contributed by atoms with Crippen LogP contribution in [0, 0.1) is 12.8 Å². The fourth-order valence-corrected chi connectivity index (χ4v) is 6.32. The number of hydrogen-bond acceptors (Lipinski definition) is 5. The average molecular weight is 443 g/mol. The van der Waals surface area contributed by atoms with Crippen LogP contribution in [0.15, 0.2) is 36.5 Å². The molecule has 1 aromatic carbocycles. The van der Waals surface area contributed by atoms with E-state index in [0.717, 1.165) is 25.3 Å². The van der Waals surface area contributed by atoms with Crippen molar-refractivity contribution in [2.24, 2.45) is 5.92 Å². The van der Waals surface area contributed by atoms with Crippen molar-refractivity contribution in [2.45, 2.75) is 27.2 Å². The van der Waals surface area contributed by atoms with Crippen LogP contribution >= 0.6 is 0 Å². The van der Waals surface area contributed by atoms with Crippen molar-refractivity contribution >= 4 is 27.4 Å². The van der Waals surface area contributed by atoms with Crippen LogP contribution in [0.2, 0.25) is 0 Å². The van der Waals surface area contributed by atoms with Gasteiger partial charge in [-0.1, -0.05) is 19.9 Å². The van der Waals surface area contributed by atoms with Gasteiger partial charge in [0.1, 0.15) is 5.82 Å². The SMILES string of the molecule is CCc1cnc(N2CCN(C(=O)c3ccc(N4CC(C)CS4(=O)=O)cc3)CC2)c(C)c1. The predicted octanol–water partition coefficient (Wildman–Crippen LogP) is 2.70. The summed E-state index contributed by atoms with van der Waals surface area (Å²) >= 11 is 0. The second-order valence-electron chi connectivity index (χ2n) is 8.58. The van der Waals surface area contributed by atoms with Crippen molar-refractivity contribution in [2.75, 3.05) is 47.7 Å². The summed E-state index contributed by atoms with van der Waals surface area (Å²) in [6.07, 6.45) is 2.90. The van der Waals surface area contributed by atoms with Crippen LogP contribution in [0.5, 0.6) is 0 Å². The Labute approximate surface area is 184 Å². The maximum absolute atomic E-state index is 13.0. The van der Waals surface area contributed by atoms with E-state index >= 15 is 0 Å². The van der Waals surface area contributed by atoms with E-state index in [9.17, 15) is 13.2 Å². The molecule has 2 aliphatic rings. The topological polar surface area (TPSA) is 73.8 Å². The minimum absolute atomic E-state index is 0.0186. The van der Waals surface area contributed by atoms with Crippen LogP contribution < -0.4 is 9.21 Å². The van der Waals surface area contributed by atoms with E-state index in [4.69, 9.17) is 0 Å². The quantitative estimate of drug-likeness (QED) is 0.728.